The summed E-state index contributed by atoms with van der Waals surface area (Å²) in [5, 5.41) is 3.53. The van der Waals surface area contributed by atoms with E-state index in [1.807, 2.05) is 19.3 Å². The monoisotopic (exact) mass is 216 g/mol. The van der Waals surface area contributed by atoms with E-state index >= 15 is 0 Å². The highest BCUT2D eigenvalue weighted by Crippen LogP contribution is 2.04. The molecule has 1 rings (SSSR count). The summed E-state index contributed by atoms with van der Waals surface area (Å²) in [4.78, 5) is 4.03. The first kappa shape index (κ1) is 12.7. The topological polar surface area (TPSA) is 24.9 Å². The molecule has 0 radical (unpaired) electrons. The molecular formula is C14H20N2. The molecule has 0 saturated heterocycles. The number of hydrogen-bond acceptors (Lipinski definition) is 2. The zero-order valence-corrected chi connectivity index (χ0v) is 10.2. The van der Waals surface area contributed by atoms with E-state index < -0.39 is 0 Å². The minimum atomic E-state index is 0.454. The van der Waals surface area contributed by atoms with Crippen molar-refractivity contribution in [3.63, 3.8) is 0 Å². The zero-order chi connectivity index (χ0) is 11.6. The van der Waals surface area contributed by atoms with Crippen molar-refractivity contribution in [2.75, 3.05) is 6.54 Å². The molecule has 16 heavy (non-hydrogen) atoms. The van der Waals surface area contributed by atoms with Crippen molar-refractivity contribution in [1.29, 1.82) is 0 Å². The standard InChI is InChI=1S/C14H20N2/c1-3-5-6-14(16-9-4-2)12-13-7-10-15-11-8-13/h7-8,10-11,14,16H,4,6,9,12H2,1-2H3. The van der Waals surface area contributed by atoms with E-state index in [1.165, 1.54) is 5.56 Å². The van der Waals surface area contributed by atoms with Crippen LogP contribution in [0.25, 0.3) is 0 Å². The second kappa shape index (κ2) is 7.90. The van der Waals surface area contributed by atoms with Crippen molar-refractivity contribution < 1.29 is 0 Å². The maximum atomic E-state index is 4.03. The molecule has 1 aromatic heterocycles. The Morgan fingerprint density at radius 3 is 2.75 bits per heavy atom. The lowest BCUT2D eigenvalue weighted by atomic mass is 10.0. The molecule has 2 heteroatoms. The molecule has 1 unspecified atom stereocenters. The SMILES string of the molecule is CC#CCC(Cc1ccncc1)NCCC. The van der Waals surface area contributed by atoms with Crippen LogP contribution in [0.5, 0.6) is 0 Å². The average molecular weight is 216 g/mol. The van der Waals surface area contributed by atoms with Crippen LogP contribution < -0.4 is 5.32 Å². The molecule has 0 bridgehead atoms. The van der Waals surface area contributed by atoms with Crippen LogP contribution in [-0.2, 0) is 6.42 Å². The van der Waals surface area contributed by atoms with E-state index in [9.17, 15) is 0 Å². The summed E-state index contributed by atoms with van der Waals surface area (Å²) in [5.74, 6) is 6.11. The second-order valence-corrected chi connectivity index (χ2v) is 3.84. The van der Waals surface area contributed by atoms with Crippen molar-refractivity contribution in [3.05, 3.63) is 30.1 Å². The number of aromatic nitrogens is 1. The van der Waals surface area contributed by atoms with Gasteiger partial charge in [-0.25, -0.2) is 0 Å². The van der Waals surface area contributed by atoms with Crippen LogP contribution in [0.3, 0.4) is 0 Å². The Morgan fingerprint density at radius 2 is 2.12 bits per heavy atom. The maximum absolute atomic E-state index is 4.03. The van der Waals surface area contributed by atoms with E-state index in [0.29, 0.717) is 6.04 Å². The van der Waals surface area contributed by atoms with Gasteiger partial charge in [-0.05, 0) is 44.0 Å². The van der Waals surface area contributed by atoms with Gasteiger partial charge in [0.15, 0.2) is 0 Å². The number of hydrogen-bond donors (Lipinski definition) is 1. The average Bonchev–Trinajstić information content (AvgIpc) is 2.34. The van der Waals surface area contributed by atoms with E-state index in [0.717, 1.165) is 25.8 Å². The summed E-state index contributed by atoms with van der Waals surface area (Å²) < 4.78 is 0. The molecule has 0 saturated carbocycles. The van der Waals surface area contributed by atoms with E-state index in [-0.39, 0.29) is 0 Å². The minimum absolute atomic E-state index is 0.454. The molecular weight excluding hydrogens is 196 g/mol. The Morgan fingerprint density at radius 1 is 1.38 bits per heavy atom. The summed E-state index contributed by atoms with van der Waals surface area (Å²) in [6, 6.07) is 4.59. The summed E-state index contributed by atoms with van der Waals surface area (Å²) in [5.41, 5.74) is 1.32. The molecule has 1 N–H and O–H groups in total. The number of nitrogens with zero attached hydrogens (tertiary/aromatic N) is 1. The molecule has 1 atom stereocenters. The fraction of sp³-hybridized carbons (Fsp3) is 0.500. The van der Waals surface area contributed by atoms with Crippen LogP contribution in [0, 0.1) is 11.8 Å². The first-order chi connectivity index (χ1) is 7.86. The van der Waals surface area contributed by atoms with Gasteiger partial charge in [0.1, 0.15) is 0 Å². The molecule has 0 spiro atoms. The van der Waals surface area contributed by atoms with E-state index in [2.05, 4.69) is 41.2 Å². The summed E-state index contributed by atoms with van der Waals surface area (Å²) in [6.07, 6.45) is 6.79. The molecule has 0 aromatic carbocycles. The molecule has 86 valence electrons. The summed E-state index contributed by atoms with van der Waals surface area (Å²) >= 11 is 0. The lowest BCUT2D eigenvalue weighted by Gasteiger charge is -2.15. The van der Waals surface area contributed by atoms with Crippen LogP contribution in [0.4, 0.5) is 0 Å². The highest BCUT2D eigenvalue weighted by molar-refractivity contribution is 5.12. The molecule has 1 aromatic rings. The number of nitrogens with one attached hydrogen (secondary N) is 1. The first-order valence-corrected chi connectivity index (χ1v) is 5.88. The lowest BCUT2D eigenvalue weighted by Crippen LogP contribution is -2.31. The fourth-order valence-corrected chi connectivity index (χ4v) is 1.59. The van der Waals surface area contributed by atoms with Crippen LogP contribution in [0.15, 0.2) is 24.5 Å². The van der Waals surface area contributed by atoms with Crippen LogP contribution >= 0.6 is 0 Å². The molecule has 1 heterocycles. The van der Waals surface area contributed by atoms with Gasteiger partial charge in [-0.3, -0.25) is 4.98 Å². The number of pyridine rings is 1. The van der Waals surface area contributed by atoms with Gasteiger partial charge in [-0.2, -0.15) is 0 Å². The Hall–Kier alpha value is -1.33. The van der Waals surface area contributed by atoms with Crippen molar-refractivity contribution in [1.82, 2.24) is 10.3 Å². The van der Waals surface area contributed by atoms with Gasteiger partial charge < -0.3 is 5.32 Å². The van der Waals surface area contributed by atoms with Crippen molar-refractivity contribution in [2.24, 2.45) is 0 Å². The molecule has 0 amide bonds. The van der Waals surface area contributed by atoms with Gasteiger partial charge >= 0.3 is 0 Å². The largest absolute Gasteiger partial charge is 0.313 e. The minimum Gasteiger partial charge on any atom is -0.313 e. The first-order valence-electron chi connectivity index (χ1n) is 5.88. The van der Waals surface area contributed by atoms with Gasteiger partial charge in [0.05, 0.1) is 0 Å². The predicted octanol–water partition coefficient (Wildman–Crippen LogP) is 2.41. The highest BCUT2D eigenvalue weighted by atomic mass is 14.9. The lowest BCUT2D eigenvalue weighted by molar-refractivity contribution is 0.517. The zero-order valence-electron chi connectivity index (χ0n) is 10.2. The van der Waals surface area contributed by atoms with Crippen LogP contribution in [0.2, 0.25) is 0 Å². The smallest absolute Gasteiger partial charge is 0.0270 e. The van der Waals surface area contributed by atoms with Crippen molar-refractivity contribution >= 4 is 0 Å². The normalized spacial score (nSPS) is 11.6. The third-order valence-corrected chi connectivity index (χ3v) is 2.44. The Bertz CT molecular complexity index is 335. The van der Waals surface area contributed by atoms with Gasteiger partial charge in [0, 0.05) is 24.9 Å². The second-order valence-electron chi connectivity index (χ2n) is 3.84. The van der Waals surface area contributed by atoms with Gasteiger partial charge in [0.25, 0.3) is 0 Å². The molecule has 0 aliphatic heterocycles. The third-order valence-electron chi connectivity index (χ3n) is 2.44. The predicted molar refractivity (Wildman–Crippen MR) is 68.1 cm³/mol. The molecule has 0 fully saturated rings. The Labute approximate surface area is 98.5 Å². The van der Waals surface area contributed by atoms with E-state index in [4.69, 9.17) is 0 Å². The Balaban J connectivity index is 2.51. The quantitative estimate of drug-likeness (QED) is 0.739. The Kier molecular flexibility index (Phi) is 6.29. The highest BCUT2D eigenvalue weighted by Gasteiger charge is 2.06. The summed E-state index contributed by atoms with van der Waals surface area (Å²) in [6.45, 7) is 5.13. The van der Waals surface area contributed by atoms with Crippen LogP contribution in [0.1, 0.15) is 32.3 Å². The van der Waals surface area contributed by atoms with E-state index in [1.54, 1.807) is 0 Å². The molecule has 2 nitrogen and oxygen atoms in total. The van der Waals surface area contributed by atoms with Gasteiger partial charge in [0.2, 0.25) is 0 Å². The maximum Gasteiger partial charge on any atom is 0.0270 e. The van der Waals surface area contributed by atoms with Crippen LogP contribution in [-0.4, -0.2) is 17.6 Å². The van der Waals surface area contributed by atoms with Crippen molar-refractivity contribution in [2.45, 2.75) is 39.2 Å². The van der Waals surface area contributed by atoms with Crippen molar-refractivity contribution in [3.8, 4) is 11.8 Å². The fourth-order valence-electron chi connectivity index (χ4n) is 1.59. The molecule has 0 aliphatic rings. The molecule has 0 aliphatic carbocycles. The van der Waals surface area contributed by atoms with Gasteiger partial charge in [-0.15, -0.1) is 11.8 Å². The van der Waals surface area contributed by atoms with Gasteiger partial charge in [-0.1, -0.05) is 6.92 Å². The summed E-state index contributed by atoms with van der Waals surface area (Å²) in [7, 11) is 0. The number of rotatable bonds is 6. The third kappa shape index (κ3) is 4.95.